The number of hydrogen-bond acceptors (Lipinski definition) is 8. The van der Waals surface area contributed by atoms with Gasteiger partial charge in [-0.1, -0.05) is 269 Å². The second kappa shape index (κ2) is 50.2. The highest BCUT2D eigenvalue weighted by Crippen LogP contribution is 2.23. The third-order valence-electron chi connectivity index (χ3n) is 14.5. The van der Waals surface area contributed by atoms with Gasteiger partial charge in [-0.25, -0.2) is 0 Å². The number of allylic oxidation sites excluding steroid dienone is 3. The van der Waals surface area contributed by atoms with Gasteiger partial charge in [0, 0.05) is 6.42 Å². The quantitative estimate of drug-likeness (QED) is 0.0261. The first-order chi connectivity index (χ1) is 33.8. The summed E-state index contributed by atoms with van der Waals surface area (Å²) in [5.74, 6) is -0.183. The maximum atomic E-state index is 13.0. The molecule has 0 radical (unpaired) electrons. The Morgan fingerprint density at radius 1 is 0.478 bits per heavy atom. The second-order valence-corrected chi connectivity index (χ2v) is 21.1. The van der Waals surface area contributed by atoms with Crippen LogP contribution < -0.4 is 5.32 Å². The summed E-state index contributed by atoms with van der Waals surface area (Å²) >= 11 is 0. The highest BCUT2D eigenvalue weighted by molar-refractivity contribution is 5.76. The molecule has 0 bridgehead atoms. The van der Waals surface area contributed by atoms with E-state index in [-0.39, 0.29) is 12.5 Å². The molecule has 408 valence electrons. The maximum Gasteiger partial charge on any atom is 0.220 e. The third-order valence-corrected chi connectivity index (χ3v) is 14.5. The first-order valence-corrected chi connectivity index (χ1v) is 30.1. The standard InChI is InChI=1S/C60H115NO8/c1-3-5-7-9-11-13-15-17-19-20-21-22-23-24-25-26-27-28-29-30-31-32-33-34-35-36-37-39-41-43-45-47-49-54(63)53(52-68-60-59(67)58(66)57(65)55(51-62)69-60)61-56(64)50-48-46-44-42-40-38-18-16-14-12-10-8-6-4-2/h16,18,47,49,53-55,57-60,62-63,65-67H,3-15,17,19-46,48,50-52H2,1-2H3,(H,61,64)/b18-16-,49-47+. The average molecular weight is 979 g/mol. The zero-order chi connectivity index (χ0) is 50.1. The van der Waals surface area contributed by atoms with E-state index in [4.69, 9.17) is 9.47 Å². The van der Waals surface area contributed by atoms with Gasteiger partial charge in [0.05, 0.1) is 25.4 Å². The van der Waals surface area contributed by atoms with E-state index in [0.29, 0.717) is 6.42 Å². The SMILES string of the molecule is CCCCCCC/C=C\CCCCCCCC(=O)NC(COC1OC(CO)C(O)C(O)C1O)C(O)/C=C/CCCCCCCCCCCCCCCCCCCCCCCCCCCCCCCC. The Balaban J connectivity index is 2.13. The van der Waals surface area contributed by atoms with Gasteiger partial charge in [0.15, 0.2) is 6.29 Å². The van der Waals surface area contributed by atoms with Crippen molar-refractivity contribution in [3.63, 3.8) is 0 Å². The zero-order valence-electron chi connectivity index (χ0n) is 45.3. The Morgan fingerprint density at radius 2 is 0.812 bits per heavy atom. The first-order valence-electron chi connectivity index (χ1n) is 30.1. The van der Waals surface area contributed by atoms with Crippen molar-refractivity contribution in [3.8, 4) is 0 Å². The number of nitrogens with one attached hydrogen (secondary N) is 1. The van der Waals surface area contributed by atoms with Crippen molar-refractivity contribution in [1.82, 2.24) is 5.32 Å². The van der Waals surface area contributed by atoms with Crippen LogP contribution in [-0.2, 0) is 14.3 Å². The van der Waals surface area contributed by atoms with Gasteiger partial charge in [-0.2, -0.15) is 0 Å². The average Bonchev–Trinajstić information content (AvgIpc) is 3.35. The summed E-state index contributed by atoms with van der Waals surface area (Å²) in [4.78, 5) is 13.0. The fourth-order valence-electron chi connectivity index (χ4n) is 9.74. The number of aliphatic hydroxyl groups is 5. The van der Waals surface area contributed by atoms with Crippen LogP contribution in [0.1, 0.15) is 296 Å². The van der Waals surface area contributed by atoms with E-state index in [1.165, 1.54) is 218 Å². The van der Waals surface area contributed by atoms with Crippen molar-refractivity contribution in [2.45, 2.75) is 339 Å². The van der Waals surface area contributed by atoms with Crippen LogP contribution in [0.2, 0.25) is 0 Å². The smallest absolute Gasteiger partial charge is 0.220 e. The second-order valence-electron chi connectivity index (χ2n) is 21.1. The van der Waals surface area contributed by atoms with Gasteiger partial charge in [-0.15, -0.1) is 0 Å². The van der Waals surface area contributed by atoms with Crippen LogP contribution in [0.25, 0.3) is 0 Å². The summed E-state index contributed by atoms with van der Waals surface area (Å²) in [5, 5.41) is 54.5. The summed E-state index contributed by atoms with van der Waals surface area (Å²) in [5.41, 5.74) is 0. The molecule has 1 rings (SSSR count). The predicted molar refractivity (Wildman–Crippen MR) is 290 cm³/mol. The molecule has 0 saturated carbocycles. The number of aliphatic hydroxyl groups excluding tert-OH is 5. The van der Waals surface area contributed by atoms with Crippen LogP contribution >= 0.6 is 0 Å². The summed E-state index contributed by atoms with van der Waals surface area (Å²) in [6.45, 7) is 3.79. The van der Waals surface area contributed by atoms with E-state index >= 15 is 0 Å². The lowest BCUT2D eigenvalue weighted by Gasteiger charge is -2.40. The molecular weight excluding hydrogens is 863 g/mol. The molecule has 1 aliphatic rings. The third kappa shape index (κ3) is 39.8. The molecule has 1 amide bonds. The summed E-state index contributed by atoms with van der Waals surface area (Å²) in [7, 11) is 0. The van der Waals surface area contributed by atoms with Crippen LogP contribution in [0.4, 0.5) is 0 Å². The van der Waals surface area contributed by atoms with Crippen LogP contribution in [0.3, 0.4) is 0 Å². The van der Waals surface area contributed by atoms with E-state index in [0.717, 1.165) is 57.8 Å². The topological polar surface area (TPSA) is 149 Å². The molecule has 6 N–H and O–H groups in total. The molecule has 1 fully saturated rings. The minimum Gasteiger partial charge on any atom is -0.394 e. The molecule has 9 nitrogen and oxygen atoms in total. The summed E-state index contributed by atoms with van der Waals surface area (Å²) < 4.78 is 11.3. The number of ether oxygens (including phenoxy) is 2. The van der Waals surface area contributed by atoms with Crippen LogP contribution in [0.15, 0.2) is 24.3 Å². The predicted octanol–water partition coefficient (Wildman–Crippen LogP) is 15.0. The zero-order valence-corrected chi connectivity index (χ0v) is 45.3. The van der Waals surface area contributed by atoms with E-state index in [1.54, 1.807) is 6.08 Å². The largest absolute Gasteiger partial charge is 0.394 e. The highest BCUT2D eigenvalue weighted by Gasteiger charge is 2.44. The van der Waals surface area contributed by atoms with Crippen molar-refractivity contribution >= 4 is 5.91 Å². The van der Waals surface area contributed by atoms with Crippen molar-refractivity contribution < 1.29 is 39.8 Å². The first kappa shape index (κ1) is 65.7. The molecule has 9 heteroatoms. The molecule has 1 aliphatic heterocycles. The van der Waals surface area contributed by atoms with Crippen LogP contribution in [-0.4, -0.2) is 87.5 Å². The Kier molecular flexibility index (Phi) is 47.8. The monoisotopic (exact) mass is 978 g/mol. The Labute approximate surface area is 426 Å². The lowest BCUT2D eigenvalue weighted by atomic mass is 9.99. The molecule has 0 aromatic heterocycles. The number of rotatable bonds is 52. The molecule has 1 saturated heterocycles. The molecule has 1 heterocycles. The van der Waals surface area contributed by atoms with Gasteiger partial charge in [-0.3, -0.25) is 4.79 Å². The van der Waals surface area contributed by atoms with Gasteiger partial charge < -0.3 is 40.3 Å². The maximum absolute atomic E-state index is 13.0. The van der Waals surface area contributed by atoms with Gasteiger partial charge in [0.2, 0.25) is 5.91 Å². The summed E-state index contributed by atoms with van der Waals surface area (Å²) in [6.07, 6.45) is 57.0. The minimum absolute atomic E-state index is 0.183. The van der Waals surface area contributed by atoms with E-state index in [1.807, 2.05) is 6.08 Å². The van der Waals surface area contributed by atoms with Gasteiger partial charge in [0.1, 0.15) is 24.4 Å². The van der Waals surface area contributed by atoms with Crippen molar-refractivity contribution in [2.75, 3.05) is 13.2 Å². The van der Waals surface area contributed by atoms with E-state index in [9.17, 15) is 30.3 Å². The van der Waals surface area contributed by atoms with E-state index < -0.39 is 49.5 Å². The number of carbonyl (C=O) groups is 1. The minimum atomic E-state index is -1.57. The molecule has 7 unspecified atom stereocenters. The van der Waals surface area contributed by atoms with Crippen LogP contribution in [0, 0.1) is 0 Å². The normalized spacial score (nSPS) is 19.6. The lowest BCUT2D eigenvalue weighted by Crippen LogP contribution is -2.60. The fraction of sp³-hybridized carbons (Fsp3) is 0.917. The Hall–Kier alpha value is -1.33. The van der Waals surface area contributed by atoms with Crippen molar-refractivity contribution in [1.29, 1.82) is 0 Å². The Morgan fingerprint density at radius 3 is 1.17 bits per heavy atom. The fourth-order valence-corrected chi connectivity index (χ4v) is 9.74. The molecular formula is C60H115NO8. The molecule has 0 aromatic carbocycles. The lowest BCUT2D eigenvalue weighted by molar-refractivity contribution is -0.302. The number of unbranched alkanes of at least 4 members (excludes halogenated alkanes) is 40. The van der Waals surface area contributed by atoms with Crippen molar-refractivity contribution in [3.05, 3.63) is 24.3 Å². The van der Waals surface area contributed by atoms with Crippen LogP contribution in [0.5, 0.6) is 0 Å². The summed E-state index contributed by atoms with van der Waals surface area (Å²) in [6, 6.07) is -0.807. The molecule has 0 aliphatic carbocycles. The molecule has 0 spiro atoms. The molecule has 7 atom stereocenters. The molecule has 0 aromatic rings. The van der Waals surface area contributed by atoms with Gasteiger partial charge in [-0.05, 0) is 44.9 Å². The number of carbonyl (C=O) groups excluding carboxylic acids is 1. The highest BCUT2D eigenvalue weighted by atomic mass is 16.7. The number of hydrogen-bond donors (Lipinski definition) is 6. The molecule has 69 heavy (non-hydrogen) atoms. The number of amides is 1. The van der Waals surface area contributed by atoms with Crippen molar-refractivity contribution in [2.24, 2.45) is 0 Å². The van der Waals surface area contributed by atoms with E-state index in [2.05, 4.69) is 31.3 Å². The van der Waals surface area contributed by atoms with Gasteiger partial charge >= 0.3 is 0 Å². The Bertz CT molecular complexity index is 1130. The van der Waals surface area contributed by atoms with Gasteiger partial charge in [0.25, 0.3) is 0 Å².